The van der Waals surface area contributed by atoms with Crippen molar-refractivity contribution in [3.8, 4) is 0 Å². The smallest absolute Gasteiger partial charge is 0.251 e. The minimum absolute atomic E-state index is 0.185. The van der Waals surface area contributed by atoms with Crippen molar-refractivity contribution in [1.29, 1.82) is 0 Å². The first-order valence-electron chi connectivity index (χ1n) is 6.82. The second kappa shape index (κ2) is 9.75. The molecule has 0 saturated carbocycles. The number of aliphatic hydroxyl groups excluding tert-OH is 3. The van der Waals surface area contributed by atoms with E-state index >= 15 is 0 Å². The molecule has 11 nitrogen and oxygen atoms in total. The van der Waals surface area contributed by atoms with E-state index in [1.807, 2.05) is 45.2 Å². The molecule has 6 N–H and O–H groups in total. The summed E-state index contributed by atoms with van der Waals surface area (Å²) < 4.78 is 1.04. The average molecular weight is 592 g/mol. The topological polar surface area (TPSA) is 196 Å². The van der Waals surface area contributed by atoms with E-state index in [2.05, 4.69) is 15.3 Å². The largest absolute Gasteiger partial charge is 0.388 e. The van der Waals surface area contributed by atoms with E-state index in [1.165, 1.54) is 12.1 Å². The summed E-state index contributed by atoms with van der Waals surface area (Å²) in [4.78, 5) is 25.3. The van der Waals surface area contributed by atoms with Gasteiger partial charge in [0.1, 0.15) is 12.2 Å². The monoisotopic (exact) mass is 592 g/mol. The van der Waals surface area contributed by atoms with Crippen molar-refractivity contribution in [1.82, 2.24) is 5.32 Å². The number of carbonyl (C=O) groups excluding carboxylic acids is 2. The van der Waals surface area contributed by atoms with Crippen LogP contribution >= 0.6 is 45.2 Å². The number of halogens is 2. The van der Waals surface area contributed by atoms with Gasteiger partial charge in [0.05, 0.1) is 11.8 Å². The van der Waals surface area contributed by atoms with Gasteiger partial charge >= 0.3 is 0 Å². The van der Waals surface area contributed by atoms with Gasteiger partial charge in [-0.1, -0.05) is 5.11 Å². The highest BCUT2D eigenvalue weighted by molar-refractivity contribution is 14.1. The Kier molecular flexibility index (Phi) is 8.61. The Morgan fingerprint density at radius 3 is 2.31 bits per heavy atom. The number of hydrogen-bond acceptors (Lipinski definition) is 8. The molecule has 0 aliphatic rings. The molecular weight excluding hydrogens is 578 g/mol. The molecule has 0 aromatic heterocycles. The molecule has 0 bridgehead atoms. The van der Waals surface area contributed by atoms with E-state index in [4.69, 9.17) is 15.7 Å². The van der Waals surface area contributed by atoms with Crippen molar-refractivity contribution >= 4 is 63.1 Å². The van der Waals surface area contributed by atoms with Crippen molar-refractivity contribution in [2.45, 2.75) is 24.1 Å². The molecule has 0 unspecified atom stereocenters. The zero-order valence-corrected chi connectivity index (χ0v) is 17.1. The number of amides is 1. The highest BCUT2D eigenvalue weighted by Crippen LogP contribution is 2.29. The number of nitrogens with zero attached hydrogens (tertiary/aromatic N) is 3. The lowest BCUT2D eigenvalue weighted by molar-refractivity contribution is -0.236. The number of nitrogens with one attached hydrogen (secondary N) is 1. The van der Waals surface area contributed by atoms with Crippen LogP contribution in [0.15, 0.2) is 17.2 Å². The lowest BCUT2D eigenvalue weighted by atomic mass is 10.0. The second-order valence-corrected chi connectivity index (χ2v) is 7.42. The molecule has 1 rings (SSSR count). The summed E-state index contributed by atoms with van der Waals surface area (Å²) >= 11 is 3.76. The third-order valence-corrected chi connectivity index (χ3v) is 4.87. The van der Waals surface area contributed by atoms with Crippen LogP contribution in [0.3, 0.4) is 0 Å². The Morgan fingerprint density at radius 1 is 1.31 bits per heavy atom. The van der Waals surface area contributed by atoms with Crippen LogP contribution < -0.4 is 5.32 Å². The van der Waals surface area contributed by atoms with Gasteiger partial charge in [0.2, 0.25) is 0 Å². The van der Waals surface area contributed by atoms with E-state index in [0.717, 1.165) is 0 Å². The van der Waals surface area contributed by atoms with Gasteiger partial charge in [0.25, 0.3) is 11.7 Å². The Morgan fingerprint density at radius 2 is 1.85 bits per heavy atom. The predicted molar refractivity (Wildman–Crippen MR) is 104 cm³/mol. The molecule has 1 aromatic rings. The standard InChI is InChI=1S/C13H14I2N4O7/c14-6-1-5(2-7(15)9(6)18-19-16)12(24)17-3-8(21)10(22)11(23)13(25,26)4-20/h1-2,4,8,10-11,21-23,25-26H,3H2,(H,17,24)/t8-,10+,11+/m1/s1. The van der Waals surface area contributed by atoms with Crippen LogP contribution in [-0.4, -0.2) is 68.4 Å². The molecule has 0 spiro atoms. The van der Waals surface area contributed by atoms with Crippen molar-refractivity contribution < 1.29 is 35.1 Å². The lowest BCUT2D eigenvalue weighted by Gasteiger charge is -2.28. The maximum atomic E-state index is 12.1. The number of rotatable bonds is 8. The summed E-state index contributed by atoms with van der Waals surface area (Å²) in [6.07, 6.45) is -6.67. The van der Waals surface area contributed by atoms with Gasteiger partial charge in [-0.3, -0.25) is 9.59 Å². The molecule has 26 heavy (non-hydrogen) atoms. The van der Waals surface area contributed by atoms with Crippen LogP contribution in [0.2, 0.25) is 0 Å². The molecule has 1 aromatic carbocycles. The minimum atomic E-state index is -3.24. The fourth-order valence-corrected chi connectivity index (χ4v) is 3.77. The number of benzene rings is 1. The summed E-state index contributed by atoms with van der Waals surface area (Å²) in [5, 5.41) is 52.9. The zero-order chi connectivity index (χ0) is 20.1. The summed E-state index contributed by atoms with van der Waals surface area (Å²) in [6, 6.07) is 2.89. The molecule has 0 aliphatic heterocycles. The predicted octanol–water partition coefficient (Wildman–Crippen LogP) is -0.470. The van der Waals surface area contributed by atoms with E-state index in [9.17, 15) is 24.9 Å². The van der Waals surface area contributed by atoms with Crippen LogP contribution in [0.5, 0.6) is 0 Å². The number of aldehydes is 1. The third-order valence-electron chi connectivity index (χ3n) is 3.22. The fourth-order valence-electron chi connectivity index (χ4n) is 1.79. The zero-order valence-electron chi connectivity index (χ0n) is 12.8. The molecule has 0 aliphatic carbocycles. The summed E-state index contributed by atoms with van der Waals surface area (Å²) in [6.45, 7) is -0.544. The van der Waals surface area contributed by atoms with E-state index in [1.54, 1.807) is 0 Å². The quantitative estimate of drug-likeness (QED) is 0.0586. The number of hydrogen-bond donors (Lipinski definition) is 6. The van der Waals surface area contributed by atoms with Crippen LogP contribution in [-0.2, 0) is 4.79 Å². The van der Waals surface area contributed by atoms with Crippen LogP contribution in [0.1, 0.15) is 10.4 Å². The Balaban J connectivity index is 2.80. The van der Waals surface area contributed by atoms with Crippen molar-refractivity contribution in [3.63, 3.8) is 0 Å². The van der Waals surface area contributed by atoms with Gasteiger partial charge in [0.15, 0.2) is 6.29 Å². The second-order valence-electron chi connectivity index (χ2n) is 5.09. The SMILES string of the molecule is [N-]=[N+]=Nc1c(I)cc(C(=O)NC[C@@H](O)[C@H](O)[C@H](O)C(O)(O)C=O)cc1I. The van der Waals surface area contributed by atoms with E-state index in [0.29, 0.717) is 12.8 Å². The first kappa shape index (κ1) is 23.0. The molecule has 3 atom stereocenters. The molecule has 142 valence electrons. The highest BCUT2D eigenvalue weighted by atomic mass is 127. The number of carbonyl (C=O) groups is 2. The van der Waals surface area contributed by atoms with Crippen molar-refractivity contribution in [3.05, 3.63) is 35.3 Å². The van der Waals surface area contributed by atoms with E-state index < -0.39 is 42.8 Å². The van der Waals surface area contributed by atoms with Crippen molar-refractivity contribution in [2.24, 2.45) is 5.11 Å². The lowest BCUT2D eigenvalue weighted by Crippen LogP contribution is -2.55. The van der Waals surface area contributed by atoms with Gasteiger partial charge in [-0.15, -0.1) is 0 Å². The molecule has 0 fully saturated rings. The average Bonchev–Trinajstić information content (AvgIpc) is 2.60. The van der Waals surface area contributed by atoms with Crippen LogP contribution in [0.25, 0.3) is 10.4 Å². The molecular formula is C13H14I2N4O7. The Labute approximate surface area is 173 Å². The fraction of sp³-hybridized carbons (Fsp3) is 0.385. The van der Waals surface area contributed by atoms with Crippen molar-refractivity contribution in [2.75, 3.05) is 6.54 Å². The number of azide groups is 1. The minimum Gasteiger partial charge on any atom is -0.388 e. The molecule has 0 saturated heterocycles. The summed E-state index contributed by atoms with van der Waals surface area (Å²) in [5.74, 6) is -3.88. The Hall–Kier alpha value is -1.07. The molecule has 0 radical (unpaired) electrons. The first-order chi connectivity index (χ1) is 12.0. The maximum absolute atomic E-state index is 12.1. The third kappa shape index (κ3) is 5.71. The molecule has 1 amide bonds. The molecule has 0 heterocycles. The number of aliphatic hydroxyl groups is 5. The normalized spacial score (nSPS) is 14.7. The van der Waals surface area contributed by atoms with E-state index in [-0.39, 0.29) is 5.56 Å². The summed E-state index contributed by atoms with van der Waals surface area (Å²) in [5.41, 5.74) is 9.05. The van der Waals surface area contributed by atoms with Crippen LogP contribution in [0.4, 0.5) is 5.69 Å². The Bertz CT molecular complexity index is 716. The molecule has 13 heteroatoms. The van der Waals surface area contributed by atoms with Crippen LogP contribution in [0, 0.1) is 7.14 Å². The highest BCUT2D eigenvalue weighted by Gasteiger charge is 2.41. The van der Waals surface area contributed by atoms with Gasteiger partial charge < -0.3 is 30.8 Å². The first-order valence-corrected chi connectivity index (χ1v) is 8.98. The summed E-state index contributed by atoms with van der Waals surface area (Å²) in [7, 11) is 0. The van der Waals surface area contributed by atoms with Gasteiger partial charge in [0, 0.05) is 24.2 Å². The van der Waals surface area contributed by atoms with Gasteiger partial charge in [-0.25, -0.2) is 0 Å². The van der Waals surface area contributed by atoms with Gasteiger partial charge in [-0.2, -0.15) is 0 Å². The maximum Gasteiger partial charge on any atom is 0.251 e. The van der Waals surface area contributed by atoms with Gasteiger partial charge in [-0.05, 0) is 62.8 Å².